The highest BCUT2D eigenvalue weighted by Crippen LogP contribution is 2.28. The molecular formula is C16H26FN. The number of nitrogens with one attached hydrogen (secondary N) is 1. The molecule has 0 fully saturated rings. The third-order valence-corrected chi connectivity index (χ3v) is 3.36. The van der Waals surface area contributed by atoms with Crippen molar-refractivity contribution < 1.29 is 4.39 Å². The molecule has 0 saturated heterocycles. The number of likely N-dealkylation sites (N-methyl/N-ethyl adjacent to an activating group) is 1. The van der Waals surface area contributed by atoms with Gasteiger partial charge in [-0.3, -0.25) is 0 Å². The molecule has 0 aromatic heterocycles. The van der Waals surface area contributed by atoms with Gasteiger partial charge in [-0.1, -0.05) is 39.0 Å². The van der Waals surface area contributed by atoms with E-state index in [4.69, 9.17) is 0 Å². The Morgan fingerprint density at radius 1 is 1.11 bits per heavy atom. The van der Waals surface area contributed by atoms with Crippen LogP contribution in [-0.4, -0.2) is 13.6 Å². The van der Waals surface area contributed by atoms with Crippen molar-refractivity contribution in [3.63, 3.8) is 0 Å². The summed E-state index contributed by atoms with van der Waals surface area (Å²) >= 11 is 0. The van der Waals surface area contributed by atoms with E-state index in [0.29, 0.717) is 11.8 Å². The predicted molar refractivity (Wildman–Crippen MR) is 76.3 cm³/mol. The molecule has 1 N–H and O–H groups in total. The summed E-state index contributed by atoms with van der Waals surface area (Å²) in [7, 11) is 1.93. The largest absolute Gasteiger partial charge is 0.319 e. The first-order valence-corrected chi connectivity index (χ1v) is 6.93. The van der Waals surface area contributed by atoms with Gasteiger partial charge < -0.3 is 5.32 Å². The van der Waals surface area contributed by atoms with Crippen LogP contribution in [0.15, 0.2) is 24.3 Å². The lowest BCUT2D eigenvalue weighted by Crippen LogP contribution is -2.20. The van der Waals surface area contributed by atoms with E-state index in [1.165, 1.54) is 6.42 Å². The first-order chi connectivity index (χ1) is 8.54. The average Bonchev–Trinajstić information content (AvgIpc) is 2.28. The summed E-state index contributed by atoms with van der Waals surface area (Å²) in [4.78, 5) is 0. The Morgan fingerprint density at radius 3 is 2.33 bits per heavy atom. The summed E-state index contributed by atoms with van der Waals surface area (Å²) < 4.78 is 13.8. The van der Waals surface area contributed by atoms with Gasteiger partial charge in [-0.25, -0.2) is 4.39 Å². The molecule has 1 rings (SSSR count). The third-order valence-electron chi connectivity index (χ3n) is 3.36. The van der Waals surface area contributed by atoms with Gasteiger partial charge in [-0.15, -0.1) is 0 Å². The van der Waals surface area contributed by atoms with Crippen LogP contribution in [-0.2, 0) is 0 Å². The lowest BCUT2D eigenvalue weighted by molar-refractivity contribution is 0.375. The second-order valence-electron chi connectivity index (χ2n) is 5.75. The number of rotatable bonds is 7. The fourth-order valence-corrected chi connectivity index (χ4v) is 2.76. The molecule has 1 aromatic carbocycles. The average molecular weight is 251 g/mol. The van der Waals surface area contributed by atoms with Crippen molar-refractivity contribution in [2.75, 3.05) is 13.6 Å². The Kier molecular flexibility index (Phi) is 6.34. The summed E-state index contributed by atoms with van der Waals surface area (Å²) in [5, 5.41) is 3.19. The minimum Gasteiger partial charge on any atom is -0.319 e. The van der Waals surface area contributed by atoms with Crippen LogP contribution < -0.4 is 5.32 Å². The van der Waals surface area contributed by atoms with Crippen molar-refractivity contribution >= 4 is 0 Å². The number of benzene rings is 1. The molecule has 2 atom stereocenters. The van der Waals surface area contributed by atoms with Crippen LogP contribution in [0.3, 0.4) is 0 Å². The molecule has 18 heavy (non-hydrogen) atoms. The number of hydrogen-bond acceptors (Lipinski definition) is 1. The zero-order chi connectivity index (χ0) is 13.5. The molecule has 0 spiro atoms. The second kappa shape index (κ2) is 7.52. The number of halogens is 1. The van der Waals surface area contributed by atoms with Gasteiger partial charge in [0.15, 0.2) is 0 Å². The molecular weight excluding hydrogens is 225 g/mol. The van der Waals surface area contributed by atoms with Gasteiger partial charge in [-0.05, 0) is 49.3 Å². The molecule has 1 nitrogen and oxygen atoms in total. The minimum absolute atomic E-state index is 0.0745. The van der Waals surface area contributed by atoms with Gasteiger partial charge in [0, 0.05) is 6.54 Å². The van der Waals surface area contributed by atoms with E-state index in [1.807, 2.05) is 19.2 Å². The van der Waals surface area contributed by atoms with Crippen molar-refractivity contribution in [1.29, 1.82) is 0 Å². The summed E-state index contributed by atoms with van der Waals surface area (Å²) in [6.07, 6.45) is 2.24. The van der Waals surface area contributed by atoms with Gasteiger partial charge in [0.05, 0.1) is 0 Å². The Bertz CT molecular complexity index is 349. The van der Waals surface area contributed by atoms with Crippen molar-refractivity contribution in [2.24, 2.45) is 11.8 Å². The van der Waals surface area contributed by atoms with Gasteiger partial charge >= 0.3 is 0 Å². The topological polar surface area (TPSA) is 12.0 Å². The van der Waals surface area contributed by atoms with Crippen LogP contribution in [0.1, 0.15) is 45.1 Å². The summed E-state index contributed by atoms with van der Waals surface area (Å²) in [6, 6.07) is 7.16. The summed E-state index contributed by atoms with van der Waals surface area (Å²) in [6.45, 7) is 7.59. The number of hydrogen-bond donors (Lipinski definition) is 1. The molecule has 0 bridgehead atoms. The molecule has 0 amide bonds. The predicted octanol–water partition coefficient (Wildman–Crippen LogP) is 4.20. The van der Waals surface area contributed by atoms with Crippen LogP contribution >= 0.6 is 0 Å². The molecule has 0 aliphatic rings. The van der Waals surface area contributed by atoms with E-state index in [2.05, 4.69) is 26.1 Å². The van der Waals surface area contributed by atoms with Crippen LogP contribution in [0.25, 0.3) is 0 Å². The van der Waals surface area contributed by atoms with Gasteiger partial charge in [-0.2, -0.15) is 0 Å². The van der Waals surface area contributed by atoms with Crippen molar-refractivity contribution in [1.82, 2.24) is 5.32 Å². The molecule has 0 aliphatic carbocycles. The van der Waals surface area contributed by atoms with E-state index in [9.17, 15) is 4.39 Å². The van der Waals surface area contributed by atoms with Crippen molar-refractivity contribution in [3.8, 4) is 0 Å². The van der Waals surface area contributed by atoms with E-state index in [0.717, 1.165) is 18.5 Å². The Hall–Kier alpha value is -0.890. The lowest BCUT2D eigenvalue weighted by Gasteiger charge is -2.22. The van der Waals surface area contributed by atoms with Gasteiger partial charge in [0.25, 0.3) is 0 Å². The van der Waals surface area contributed by atoms with Crippen molar-refractivity contribution in [2.45, 2.75) is 39.5 Å². The van der Waals surface area contributed by atoms with E-state index in [1.54, 1.807) is 12.1 Å². The molecule has 0 heterocycles. The maximum atomic E-state index is 13.8. The Balaban J connectivity index is 2.74. The molecule has 0 aliphatic heterocycles. The summed E-state index contributed by atoms with van der Waals surface area (Å²) in [5.41, 5.74) is 0.849. The van der Waals surface area contributed by atoms with Gasteiger partial charge in [0.1, 0.15) is 5.82 Å². The monoisotopic (exact) mass is 251 g/mol. The zero-order valence-corrected chi connectivity index (χ0v) is 12.0. The maximum absolute atomic E-state index is 13.8. The fraction of sp³-hybridized carbons (Fsp3) is 0.625. The first-order valence-electron chi connectivity index (χ1n) is 6.93. The third kappa shape index (κ3) is 4.77. The van der Waals surface area contributed by atoms with E-state index in [-0.39, 0.29) is 11.7 Å². The smallest absolute Gasteiger partial charge is 0.126 e. The molecule has 0 saturated carbocycles. The zero-order valence-electron chi connectivity index (χ0n) is 12.0. The highest BCUT2D eigenvalue weighted by Gasteiger charge is 2.18. The van der Waals surface area contributed by atoms with Gasteiger partial charge in [0.2, 0.25) is 0 Å². The van der Waals surface area contributed by atoms with Crippen LogP contribution in [0.4, 0.5) is 4.39 Å². The normalized spacial score (nSPS) is 14.8. The van der Waals surface area contributed by atoms with Crippen LogP contribution in [0.2, 0.25) is 0 Å². The molecule has 1 aromatic rings. The van der Waals surface area contributed by atoms with Crippen LogP contribution in [0, 0.1) is 17.7 Å². The molecule has 2 heteroatoms. The van der Waals surface area contributed by atoms with Crippen molar-refractivity contribution in [3.05, 3.63) is 35.6 Å². The Labute approximate surface area is 111 Å². The first kappa shape index (κ1) is 15.2. The van der Waals surface area contributed by atoms with E-state index < -0.39 is 0 Å². The fourth-order valence-electron chi connectivity index (χ4n) is 2.76. The highest BCUT2D eigenvalue weighted by molar-refractivity contribution is 5.22. The quantitative estimate of drug-likeness (QED) is 0.765. The summed E-state index contributed by atoms with van der Waals surface area (Å²) in [5.74, 6) is 1.53. The minimum atomic E-state index is -0.0745. The standard InChI is InChI=1S/C16H26FN/c1-12(2)9-13(3)10-14(11-18-4)15-7-5-6-8-16(15)17/h5-8,12-14,18H,9-11H2,1-4H3. The molecule has 2 unspecified atom stereocenters. The SMILES string of the molecule is CNCC(CC(C)CC(C)C)c1ccccc1F. The molecule has 102 valence electrons. The lowest BCUT2D eigenvalue weighted by atomic mass is 9.85. The van der Waals surface area contributed by atoms with E-state index >= 15 is 0 Å². The highest BCUT2D eigenvalue weighted by atomic mass is 19.1. The Morgan fingerprint density at radius 2 is 1.78 bits per heavy atom. The molecule has 0 radical (unpaired) electrons. The maximum Gasteiger partial charge on any atom is 0.126 e. The van der Waals surface area contributed by atoms with Crippen LogP contribution in [0.5, 0.6) is 0 Å². The second-order valence-corrected chi connectivity index (χ2v) is 5.75.